The van der Waals surface area contributed by atoms with Crippen LogP contribution in [0.5, 0.6) is 0 Å². The standard InChI is InChI=1S/C13H16FN3O2S2/c1-8(13-16-3-4-20-13)7-17-21(18,19)12-6-10(15)5-11(14)9(12)2/h3-6,8,17H,7,15H2,1-2H3. The van der Waals surface area contributed by atoms with Gasteiger partial charge in [-0.3, -0.25) is 0 Å². The van der Waals surface area contributed by atoms with Crippen molar-refractivity contribution >= 4 is 27.0 Å². The number of hydrogen-bond acceptors (Lipinski definition) is 5. The van der Waals surface area contributed by atoms with Crippen LogP contribution in [0.25, 0.3) is 0 Å². The lowest BCUT2D eigenvalue weighted by atomic mass is 10.2. The van der Waals surface area contributed by atoms with E-state index in [1.165, 1.54) is 24.3 Å². The monoisotopic (exact) mass is 329 g/mol. The van der Waals surface area contributed by atoms with Crippen molar-refractivity contribution in [1.29, 1.82) is 0 Å². The number of benzene rings is 1. The van der Waals surface area contributed by atoms with Gasteiger partial charge in [0.2, 0.25) is 10.0 Å². The summed E-state index contributed by atoms with van der Waals surface area (Å²) in [6.07, 6.45) is 1.67. The Morgan fingerprint density at radius 2 is 2.19 bits per heavy atom. The molecule has 0 radical (unpaired) electrons. The molecule has 0 aliphatic carbocycles. The predicted molar refractivity (Wildman–Crippen MR) is 81.3 cm³/mol. The zero-order valence-electron chi connectivity index (χ0n) is 11.6. The lowest BCUT2D eigenvalue weighted by molar-refractivity contribution is 0.569. The van der Waals surface area contributed by atoms with Gasteiger partial charge in [0.15, 0.2) is 0 Å². The molecule has 0 saturated heterocycles. The number of nitrogens with two attached hydrogens (primary N) is 1. The predicted octanol–water partition coefficient (Wildman–Crippen LogP) is 2.25. The number of aromatic nitrogens is 1. The van der Waals surface area contributed by atoms with Gasteiger partial charge in [0, 0.05) is 35.3 Å². The van der Waals surface area contributed by atoms with Gasteiger partial charge in [-0.15, -0.1) is 11.3 Å². The second-order valence-corrected chi connectivity index (χ2v) is 7.41. The molecule has 2 rings (SSSR count). The van der Waals surface area contributed by atoms with Gasteiger partial charge in [0.1, 0.15) is 5.82 Å². The molecule has 2 aromatic rings. The summed E-state index contributed by atoms with van der Waals surface area (Å²) in [5.41, 5.74) is 5.65. The highest BCUT2D eigenvalue weighted by atomic mass is 32.2. The van der Waals surface area contributed by atoms with Crippen LogP contribution in [0, 0.1) is 12.7 Å². The molecule has 0 fully saturated rings. The molecule has 0 spiro atoms. The molecule has 0 saturated carbocycles. The number of sulfonamides is 1. The molecule has 1 aromatic heterocycles. The minimum absolute atomic E-state index is 0.0543. The molecule has 3 N–H and O–H groups in total. The number of nitrogens with zero attached hydrogens (tertiary/aromatic N) is 1. The Bertz CT molecular complexity index is 730. The first-order chi connectivity index (χ1) is 9.81. The normalized spacial score (nSPS) is 13.3. The van der Waals surface area contributed by atoms with E-state index >= 15 is 0 Å². The van der Waals surface area contributed by atoms with Gasteiger partial charge in [-0.05, 0) is 19.1 Å². The Morgan fingerprint density at radius 3 is 2.81 bits per heavy atom. The summed E-state index contributed by atoms with van der Waals surface area (Å²) in [5.74, 6) is -0.700. The van der Waals surface area contributed by atoms with E-state index in [4.69, 9.17) is 5.73 Å². The molecule has 1 atom stereocenters. The van der Waals surface area contributed by atoms with Crippen molar-refractivity contribution in [1.82, 2.24) is 9.71 Å². The number of halogens is 1. The SMILES string of the molecule is Cc1c(F)cc(N)cc1S(=O)(=O)NCC(C)c1nccs1. The highest BCUT2D eigenvalue weighted by Crippen LogP contribution is 2.23. The van der Waals surface area contributed by atoms with Gasteiger partial charge >= 0.3 is 0 Å². The zero-order chi connectivity index (χ0) is 15.6. The lowest BCUT2D eigenvalue weighted by Crippen LogP contribution is -2.28. The smallest absolute Gasteiger partial charge is 0.241 e. The second kappa shape index (κ2) is 6.08. The average molecular weight is 329 g/mol. The van der Waals surface area contributed by atoms with Gasteiger partial charge in [-0.1, -0.05) is 6.92 Å². The van der Waals surface area contributed by atoms with Crippen molar-refractivity contribution in [3.63, 3.8) is 0 Å². The highest BCUT2D eigenvalue weighted by Gasteiger charge is 2.21. The second-order valence-electron chi connectivity index (χ2n) is 4.75. The Morgan fingerprint density at radius 1 is 1.48 bits per heavy atom. The molecule has 0 aliphatic heterocycles. The van der Waals surface area contributed by atoms with Crippen molar-refractivity contribution in [2.24, 2.45) is 0 Å². The number of rotatable bonds is 5. The Balaban J connectivity index is 2.19. The number of anilines is 1. The number of nitrogens with one attached hydrogen (secondary N) is 1. The molecule has 1 aromatic carbocycles. The number of nitrogen functional groups attached to an aromatic ring is 1. The van der Waals surface area contributed by atoms with Crippen molar-refractivity contribution in [3.8, 4) is 0 Å². The quantitative estimate of drug-likeness (QED) is 0.824. The van der Waals surface area contributed by atoms with Crippen LogP contribution < -0.4 is 10.5 Å². The van der Waals surface area contributed by atoms with E-state index in [2.05, 4.69) is 9.71 Å². The van der Waals surface area contributed by atoms with E-state index in [0.29, 0.717) is 0 Å². The van der Waals surface area contributed by atoms with E-state index in [1.54, 1.807) is 6.20 Å². The molecule has 1 heterocycles. The van der Waals surface area contributed by atoms with E-state index in [1.807, 2.05) is 12.3 Å². The first-order valence-electron chi connectivity index (χ1n) is 6.26. The maximum atomic E-state index is 13.6. The van der Waals surface area contributed by atoms with Crippen LogP contribution >= 0.6 is 11.3 Å². The first-order valence-corrected chi connectivity index (χ1v) is 8.62. The molecular formula is C13H16FN3O2S2. The Kier molecular flexibility index (Phi) is 4.60. The molecule has 114 valence electrons. The summed E-state index contributed by atoms with van der Waals surface area (Å²) in [6.45, 7) is 3.47. The zero-order valence-corrected chi connectivity index (χ0v) is 13.3. The molecule has 0 bridgehead atoms. The lowest BCUT2D eigenvalue weighted by Gasteiger charge is -2.13. The first kappa shape index (κ1) is 15.9. The maximum Gasteiger partial charge on any atom is 0.241 e. The van der Waals surface area contributed by atoms with Crippen LogP contribution in [0.15, 0.2) is 28.6 Å². The maximum absolute atomic E-state index is 13.6. The fourth-order valence-electron chi connectivity index (χ4n) is 1.83. The van der Waals surface area contributed by atoms with Gasteiger partial charge in [-0.2, -0.15) is 0 Å². The van der Waals surface area contributed by atoms with E-state index in [9.17, 15) is 12.8 Å². The highest BCUT2D eigenvalue weighted by molar-refractivity contribution is 7.89. The summed E-state index contributed by atoms with van der Waals surface area (Å²) in [4.78, 5) is 4.01. The van der Waals surface area contributed by atoms with Gasteiger partial charge in [0.05, 0.1) is 9.90 Å². The summed E-state index contributed by atoms with van der Waals surface area (Å²) < 4.78 is 40.6. The third-order valence-corrected chi connectivity index (χ3v) is 5.62. The molecule has 1 unspecified atom stereocenters. The van der Waals surface area contributed by atoms with E-state index in [0.717, 1.165) is 11.1 Å². The average Bonchev–Trinajstić information content (AvgIpc) is 2.94. The number of hydrogen-bond donors (Lipinski definition) is 2. The third-order valence-electron chi connectivity index (χ3n) is 3.06. The fourth-order valence-corrected chi connectivity index (χ4v) is 3.95. The van der Waals surface area contributed by atoms with Gasteiger partial charge in [0.25, 0.3) is 0 Å². The third kappa shape index (κ3) is 3.58. The van der Waals surface area contributed by atoms with Crippen LogP contribution in [0.3, 0.4) is 0 Å². The molecule has 5 nitrogen and oxygen atoms in total. The minimum atomic E-state index is -3.82. The molecular weight excluding hydrogens is 313 g/mol. The number of thiazole rings is 1. The van der Waals surface area contributed by atoms with Crippen LogP contribution in [0.1, 0.15) is 23.4 Å². The van der Waals surface area contributed by atoms with Crippen molar-refractivity contribution in [2.75, 3.05) is 12.3 Å². The van der Waals surface area contributed by atoms with Crippen LogP contribution in [-0.4, -0.2) is 19.9 Å². The Labute approximate surface area is 127 Å². The summed E-state index contributed by atoms with van der Waals surface area (Å²) in [6, 6.07) is 2.36. The molecule has 8 heteroatoms. The van der Waals surface area contributed by atoms with Crippen molar-refractivity contribution in [2.45, 2.75) is 24.7 Å². The molecule has 0 amide bonds. The van der Waals surface area contributed by atoms with E-state index in [-0.39, 0.29) is 28.6 Å². The van der Waals surface area contributed by atoms with Gasteiger partial charge < -0.3 is 5.73 Å². The topological polar surface area (TPSA) is 85.1 Å². The minimum Gasteiger partial charge on any atom is -0.399 e. The van der Waals surface area contributed by atoms with Crippen LogP contribution in [0.4, 0.5) is 10.1 Å². The largest absolute Gasteiger partial charge is 0.399 e. The van der Waals surface area contributed by atoms with Crippen LogP contribution in [0.2, 0.25) is 0 Å². The summed E-state index contributed by atoms with van der Waals surface area (Å²) in [5, 5.41) is 2.67. The van der Waals surface area contributed by atoms with Crippen LogP contribution in [-0.2, 0) is 10.0 Å². The molecule has 21 heavy (non-hydrogen) atoms. The summed E-state index contributed by atoms with van der Waals surface area (Å²) in [7, 11) is -3.82. The van der Waals surface area contributed by atoms with E-state index < -0.39 is 15.8 Å². The van der Waals surface area contributed by atoms with Crippen molar-refractivity contribution in [3.05, 3.63) is 40.1 Å². The molecule has 0 aliphatic rings. The summed E-state index contributed by atoms with van der Waals surface area (Å²) >= 11 is 1.46. The van der Waals surface area contributed by atoms with Crippen molar-refractivity contribution < 1.29 is 12.8 Å². The fraction of sp³-hybridized carbons (Fsp3) is 0.308. The Hall–Kier alpha value is -1.51. The van der Waals surface area contributed by atoms with Gasteiger partial charge in [-0.25, -0.2) is 22.5 Å².